The van der Waals surface area contributed by atoms with Gasteiger partial charge in [-0.2, -0.15) is 5.10 Å². The first-order valence-corrected chi connectivity index (χ1v) is 6.80. The smallest absolute Gasteiger partial charge is 0.129 e. The fourth-order valence-corrected chi connectivity index (χ4v) is 3.32. The molecule has 1 fully saturated rings. The van der Waals surface area contributed by atoms with E-state index in [1.54, 1.807) is 0 Å². The Balaban J connectivity index is 1.99. The molecule has 0 radical (unpaired) electrons. The van der Waals surface area contributed by atoms with Crippen LogP contribution < -0.4 is 0 Å². The van der Waals surface area contributed by atoms with E-state index in [1.807, 2.05) is 10.7 Å². The standard InChI is InChI=1S/C10H14Br2N2O/c11-9-5-10(12)14(13-9)6-7-2-1-3-8(15)4-7/h5,7-8,15H,1-4,6H2. The van der Waals surface area contributed by atoms with Crippen LogP contribution in [0.25, 0.3) is 0 Å². The lowest BCUT2D eigenvalue weighted by molar-refractivity contribution is 0.0938. The predicted octanol–water partition coefficient (Wildman–Crippen LogP) is 2.96. The van der Waals surface area contributed by atoms with Gasteiger partial charge in [0.2, 0.25) is 0 Å². The van der Waals surface area contributed by atoms with Crippen LogP contribution in [-0.2, 0) is 6.54 Å². The molecule has 1 aliphatic carbocycles. The van der Waals surface area contributed by atoms with Crippen molar-refractivity contribution in [3.63, 3.8) is 0 Å². The summed E-state index contributed by atoms with van der Waals surface area (Å²) >= 11 is 6.82. The van der Waals surface area contributed by atoms with Crippen molar-refractivity contribution in [3.05, 3.63) is 15.3 Å². The third-order valence-electron chi connectivity index (χ3n) is 2.89. The van der Waals surface area contributed by atoms with Crippen molar-refractivity contribution in [1.82, 2.24) is 9.78 Å². The summed E-state index contributed by atoms with van der Waals surface area (Å²) < 4.78 is 3.80. The molecule has 1 N–H and O–H groups in total. The molecule has 0 aliphatic heterocycles. The van der Waals surface area contributed by atoms with E-state index in [9.17, 15) is 5.11 Å². The van der Waals surface area contributed by atoms with E-state index in [1.165, 1.54) is 6.42 Å². The number of aliphatic hydroxyl groups is 1. The highest BCUT2D eigenvalue weighted by atomic mass is 79.9. The summed E-state index contributed by atoms with van der Waals surface area (Å²) in [7, 11) is 0. The highest BCUT2D eigenvalue weighted by molar-refractivity contribution is 9.11. The molecule has 0 aromatic carbocycles. The van der Waals surface area contributed by atoms with Crippen LogP contribution in [0, 0.1) is 5.92 Å². The van der Waals surface area contributed by atoms with Crippen LogP contribution in [0.3, 0.4) is 0 Å². The summed E-state index contributed by atoms with van der Waals surface area (Å²) in [5, 5.41) is 13.9. The lowest BCUT2D eigenvalue weighted by Gasteiger charge is -2.25. The largest absolute Gasteiger partial charge is 0.393 e. The Morgan fingerprint density at radius 3 is 2.87 bits per heavy atom. The number of hydrogen-bond acceptors (Lipinski definition) is 2. The molecule has 0 bridgehead atoms. The molecule has 3 nitrogen and oxygen atoms in total. The molecule has 1 aromatic heterocycles. The minimum atomic E-state index is -0.110. The highest BCUT2D eigenvalue weighted by Gasteiger charge is 2.21. The summed E-state index contributed by atoms with van der Waals surface area (Å²) in [5.74, 6) is 0.553. The molecule has 5 heteroatoms. The normalized spacial score (nSPS) is 26.9. The highest BCUT2D eigenvalue weighted by Crippen LogP contribution is 2.27. The predicted molar refractivity (Wildman–Crippen MR) is 65.6 cm³/mol. The maximum absolute atomic E-state index is 9.58. The Labute approximate surface area is 106 Å². The van der Waals surface area contributed by atoms with E-state index in [0.29, 0.717) is 5.92 Å². The number of halogens is 2. The second kappa shape index (κ2) is 4.97. The molecule has 1 aromatic rings. The van der Waals surface area contributed by atoms with Gasteiger partial charge in [0.1, 0.15) is 9.21 Å². The number of aromatic nitrogens is 2. The van der Waals surface area contributed by atoms with Crippen molar-refractivity contribution in [1.29, 1.82) is 0 Å². The van der Waals surface area contributed by atoms with Crippen molar-refractivity contribution >= 4 is 31.9 Å². The Morgan fingerprint density at radius 1 is 1.47 bits per heavy atom. The second-order valence-corrected chi connectivity index (χ2v) is 5.78. The van der Waals surface area contributed by atoms with Gasteiger partial charge in [0.25, 0.3) is 0 Å². The molecule has 0 saturated heterocycles. The van der Waals surface area contributed by atoms with Gasteiger partial charge in [-0.05, 0) is 57.0 Å². The van der Waals surface area contributed by atoms with E-state index in [-0.39, 0.29) is 6.10 Å². The van der Waals surface area contributed by atoms with Gasteiger partial charge in [0, 0.05) is 12.6 Å². The molecule has 2 atom stereocenters. The van der Waals surface area contributed by atoms with Crippen LogP contribution in [0.2, 0.25) is 0 Å². The molecule has 0 amide bonds. The molecule has 1 heterocycles. The summed E-state index contributed by atoms with van der Waals surface area (Å²) in [5.41, 5.74) is 0. The van der Waals surface area contributed by atoms with Crippen LogP contribution in [0.4, 0.5) is 0 Å². The molecule has 15 heavy (non-hydrogen) atoms. The van der Waals surface area contributed by atoms with Crippen LogP contribution in [0.1, 0.15) is 25.7 Å². The van der Waals surface area contributed by atoms with Gasteiger partial charge >= 0.3 is 0 Å². The van der Waals surface area contributed by atoms with Gasteiger partial charge in [0.05, 0.1) is 6.10 Å². The Bertz CT molecular complexity index is 340. The Morgan fingerprint density at radius 2 is 2.27 bits per heavy atom. The van der Waals surface area contributed by atoms with Gasteiger partial charge < -0.3 is 5.11 Å². The minimum absolute atomic E-state index is 0.110. The van der Waals surface area contributed by atoms with Gasteiger partial charge in [0.15, 0.2) is 0 Å². The zero-order valence-corrected chi connectivity index (χ0v) is 11.5. The molecular formula is C10H14Br2N2O. The minimum Gasteiger partial charge on any atom is -0.393 e. The van der Waals surface area contributed by atoms with Gasteiger partial charge in [-0.25, -0.2) is 0 Å². The summed E-state index contributed by atoms with van der Waals surface area (Å²) in [4.78, 5) is 0. The van der Waals surface area contributed by atoms with Crippen LogP contribution in [0.15, 0.2) is 15.3 Å². The van der Waals surface area contributed by atoms with Crippen LogP contribution in [-0.4, -0.2) is 21.0 Å². The third-order valence-corrected chi connectivity index (χ3v) is 3.91. The SMILES string of the molecule is OC1CCCC(Cn2nc(Br)cc2Br)C1. The lowest BCUT2D eigenvalue weighted by Crippen LogP contribution is -2.23. The molecule has 1 saturated carbocycles. The number of hydrogen-bond donors (Lipinski definition) is 1. The topological polar surface area (TPSA) is 38.0 Å². The quantitative estimate of drug-likeness (QED) is 0.901. The van der Waals surface area contributed by atoms with E-state index >= 15 is 0 Å². The van der Waals surface area contributed by atoms with Gasteiger partial charge in [-0.3, -0.25) is 4.68 Å². The van der Waals surface area contributed by atoms with Crippen LogP contribution in [0.5, 0.6) is 0 Å². The average molecular weight is 338 g/mol. The van der Waals surface area contributed by atoms with Crippen molar-refractivity contribution < 1.29 is 5.11 Å². The van der Waals surface area contributed by atoms with E-state index in [4.69, 9.17) is 0 Å². The van der Waals surface area contributed by atoms with E-state index in [0.717, 1.165) is 35.0 Å². The maximum Gasteiger partial charge on any atom is 0.129 e. The fraction of sp³-hybridized carbons (Fsp3) is 0.700. The summed E-state index contributed by atoms with van der Waals surface area (Å²) in [6, 6.07) is 1.94. The van der Waals surface area contributed by atoms with Gasteiger partial charge in [-0.1, -0.05) is 6.42 Å². The molecule has 84 valence electrons. The van der Waals surface area contributed by atoms with Crippen molar-refractivity contribution in [2.24, 2.45) is 5.92 Å². The van der Waals surface area contributed by atoms with Crippen molar-refractivity contribution in [2.75, 3.05) is 0 Å². The number of aliphatic hydroxyl groups excluding tert-OH is 1. The molecule has 0 spiro atoms. The van der Waals surface area contributed by atoms with Gasteiger partial charge in [-0.15, -0.1) is 0 Å². The van der Waals surface area contributed by atoms with E-state index < -0.39 is 0 Å². The maximum atomic E-state index is 9.58. The first kappa shape index (κ1) is 11.6. The summed E-state index contributed by atoms with van der Waals surface area (Å²) in [6.45, 7) is 0.892. The monoisotopic (exact) mass is 336 g/mol. The molecule has 2 rings (SSSR count). The fourth-order valence-electron chi connectivity index (χ4n) is 2.17. The first-order valence-electron chi connectivity index (χ1n) is 5.22. The Hall–Kier alpha value is 0.130. The third kappa shape index (κ3) is 3.04. The first-order chi connectivity index (χ1) is 7.15. The molecule has 2 unspecified atom stereocenters. The number of rotatable bonds is 2. The van der Waals surface area contributed by atoms with Crippen molar-refractivity contribution in [3.8, 4) is 0 Å². The lowest BCUT2D eigenvalue weighted by atomic mass is 9.87. The zero-order valence-electron chi connectivity index (χ0n) is 8.37. The number of nitrogens with zero attached hydrogens (tertiary/aromatic N) is 2. The van der Waals surface area contributed by atoms with Crippen molar-refractivity contribution in [2.45, 2.75) is 38.3 Å². The average Bonchev–Trinajstić information content (AvgIpc) is 2.45. The van der Waals surface area contributed by atoms with E-state index in [2.05, 4.69) is 37.0 Å². The molecule has 1 aliphatic rings. The molecular weight excluding hydrogens is 324 g/mol. The summed E-state index contributed by atoms with van der Waals surface area (Å²) in [6.07, 6.45) is 4.08. The zero-order chi connectivity index (χ0) is 10.8. The Kier molecular flexibility index (Phi) is 3.85. The van der Waals surface area contributed by atoms with Crippen LogP contribution >= 0.6 is 31.9 Å². The second-order valence-electron chi connectivity index (χ2n) is 4.16.